The average molecular weight is 192 g/mol. The number of nitrogens with zero attached hydrogens (tertiary/aromatic N) is 1. The van der Waals surface area contributed by atoms with Crippen LogP contribution in [0, 0.1) is 4.77 Å². The van der Waals surface area contributed by atoms with Gasteiger partial charge in [-0.15, -0.1) is 0 Å². The smallest absolute Gasteiger partial charge is 0.259 e. The van der Waals surface area contributed by atoms with E-state index in [4.69, 9.17) is 12.2 Å². The highest BCUT2D eigenvalue weighted by atomic mass is 32.1. The molecule has 13 heavy (non-hydrogen) atoms. The highest BCUT2D eigenvalue weighted by molar-refractivity contribution is 7.71. The molecule has 0 atom stereocenters. The van der Waals surface area contributed by atoms with Gasteiger partial charge in [-0.2, -0.15) is 0 Å². The van der Waals surface area contributed by atoms with Crippen molar-refractivity contribution in [1.82, 2.24) is 9.55 Å². The Kier molecular flexibility index (Phi) is 1.77. The van der Waals surface area contributed by atoms with Gasteiger partial charge in [-0.25, -0.2) is 0 Å². The van der Waals surface area contributed by atoms with Gasteiger partial charge in [0.15, 0.2) is 4.77 Å². The van der Waals surface area contributed by atoms with E-state index in [-0.39, 0.29) is 5.56 Å². The Morgan fingerprint density at radius 2 is 2.08 bits per heavy atom. The van der Waals surface area contributed by atoms with Crippen LogP contribution >= 0.6 is 12.2 Å². The minimum atomic E-state index is -0.126. The first-order valence-electron chi connectivity index (χ1n) is 3.88. The molecule has 4 heteroatoms. The number of nitrogens with one attached hydrogen (secondary N) is 1. The van der Waals surface area contributed by atoms with Gasteiger partial charge in [0, 0.05) is 7.05 Å². The summed E-state index contributed by atoms with van der Waals surface area (Å²) >= 11 is 4.98. The molecule has 0 saturated carbocycles. The topological polar surface area (TPSA) is 37.8 Å². The van der Waals surface area contributed by atoms with Crippen molar-refractivity contribution in [3.05, 3.63) is 39.4 Å². The lowest BCUT2D eigenvalue weighted by atomic mass is 10.2. The summed E-state index contributed by atoms with van der Waals surface area (Å²) < 4.78 is 2.23. The van der Waals surface area contributed by atoms with Gasteiger partial charge in [-0.1, -0.05) is 12.1 Å². The van der Waals surface area contributed by atoms with Crippen molar-refractivity contribution in [2.45, 2.75) is 0 Å². The second-order valence-electron chi connectivity index (χ2n) is 2.84. The van der Waals surface area contributed by atoms with E-state index in [1.807, 2.05) is 25.2 Å². The molecule has 0 spiro atoms. The third-order valence-corrected chi connectivity index (χ3v) is 2.41. The fraction of sp³-hybridized carbons (Fsp3) is 0.111. The summed E-state index contributed by atoms with van der Waals surface area (Å²) in [7, 11) is 1.83. The van der Waals surface area contributed by atoms with E-state index in [2.05, 4.69) is 4.98 Å². The predicted octanol–water partition coefficient (Wildman–Crippen LogP) is 1.60. The molecule has 66 valence electrons. The van der Waals surface area contributed by atoms with E-state index in [0.717, 1.165) is 5.52 Å². The molecule has 0 aliphatic carbocycles. The fourth-order valence-corrected chi connectivity index (χ4v) is 1.51. The van der Waals surface area contributed by atoms with Crippen molar-refractivity contribution in [1.29, 1.82) is 0 Å². The van der Waals surface area contributed by atoms with E-state index < -0.39 is 0 Å². The Bertz CT molecular complexity index is 568. The number of H-pyrrole nitrogens is 1. The molecule has 3 nitrogen and oxygen atoms in total. The average Bonchev–Trinajstić information content (AvgIpc) is 2.15. The monoisotopic (exact) mass is 192 g/mol. The number of hydrogen-bond donors (Lipinski definition) is 1. The summed E-state index contributed by atoms with van der Waals surface area (Å²) in [5.74, 6) is 0. The molecule has 0 fully saturated rings. The van der Waals surface area contributed by atoms with Crippen LogP contribution < -0.4 is 5.56 Å². The van der Waals surface area contributed by atoms with Crippen LogP contribution in [0.25, 0.3) is 10.9 Å². The van der Waals surface area contributed by atoms with Crippen molar-refractivity contribution >= 4 is 23.1 Å². The van der Waals surface area contributed by atoms with Gasteiger partial charge in [-0.05, 0) is 24.4 Å². The molecule has 1 aromatic heterocycles. The maximum atomic E-state index is 11.4. The zero-order valence-electron chi connectivity index (χ0n) is 7.07. The van der Waals surface area contributed by atoms with Crippen molar-refractivity contribution in [2.24, 2.45) is 7.05 Å². The minimum Gasteiger partial charge on any atom is -0.321 e. The number of benzene rings is 1. The Morgan fingerprint density at radius 3 is 2.85 bits per heavy atom. The van der Waals surface area contributed by atoms with Crippen molar-refractivity contribution in [3.63, 3.8) is 0 Å². The normalized spacial score (nSPS) is 10.5. The van der Waals surface area contributed by atoms with Gasteiger partial charge in [0.05, 0.1) is 10.9 Å². The van der Waals surface area contributed by atoms with Crippen LogP contribution in [0.2, 0.25) is 0 Å². The third-order valence-electron chi connectivity index (χ3n) is 2.04. The largest absolute Gasteiger partial charge is 0.321 e. The van der Waals surface area contributed by atoms with Crippen LogP contribution in [0.3, 0.4) is 0 Å². The molecule has 2 rings (SSSR count). The molecule has 1 aromatic carbocycles. The predicted molar refractivity (Wildman–Crippen MR) is 54.4 cm³/mol. The Morgan fingerprint density at radius 1 is 1.38 bits per heavy atom. The van der Waals surface area contributed by atoms with Crippen LogP contribution in [0.5, 0.6) is 0 Å². The molecular weight excluding hydrogens is 184 g/mol. The maximum Gasteiger partial charge on any atom is 0.259 e. The number of aromatic amines is 1. The molecule has 0 saturated heterocycles. The number of para-hydroxylation sites is 1. The lowest BCUT2D eigenvalue weighted by Crippen LogP contribution is -2.11. The van der Waals surface area contributed by atoms with Crippen LogP contribution in [0.15, 0.2) is 29.1 Å². The van der Waals surface area contributed by atoms with Crippen molar-refractivity contribution in [3.8, 4) is 0 Å². The van der Waals surface area contributed by atoms with Crippen molar-refractivity contribution in [2.75, 3.05) is 0 Å². The van der Waals surface area contributed by atoms with E-state index in [1.165, 1.54) is 0 Å². The zero-order chi connectivity index (χ0) is 9.42. The van der Waals surface area contributed by atoms with Gasteiger partial charge in [0.25, 0.3) is 5.56 Å². The summed E-state index contributed by atoms with van der Waals surface area (Å²) in [6, 6.07) is 7.38. The summed E-state index contributed by atoms with van der Waals surface area (Å²) in [5, 5.41) is 0.665. The highest BCUT2D eigenvalue weighted by Gasteiger charge is 1.99. The zero-order valence-corrected chi connectivity index (χ0v) is 7.89. The number of aryl methyl sites for hydroxylation is 1. The molecule has 1 heterocycles. The lowest BCUT2D eigenvalue weighted by molar-refractivity contribution is 0.879. The number of aromatic nitrogens is 2. The van der Waals surface area contributed by atoms with Gasteiger partial charge >= 0.3 is 0 Å². The molecule has 0 bridgehead atoms. The van der Waals surface area contributed by atoms with Crippen LogP contribution in [0.4, 0.5) is 0 Å². The second-order valence-corrected chi connectivity index (χ2v) is 3.22. The van der Waals surface area contributed by atoms with E-state index >= 15 is 0 Å². The van der Waals surface area contributed by atoms with E-state index in [9.17, 15) is 4.79 Å². The highest BCUT2D eigenvalue weighted by Crippen LogP contribution is 2.06. The summed E-state index contributed by atoms with van der Waals surface area (Å²) in [5.41, 5.74) is 0.731. The van der Waals surface area contributed by atoms with Gasteiger partial charge in [-0.3, -0.25) is 9.78 Å². The Labute approximate surface area is 79.6 Å². The third kappa shape index (κ3) is 1.19. The quantitative estimate of drug-likeness (QED) is 0.644. The maximum absolute atomic E-state index is 11.4. The molecule has 2 aromatic rings. The molecule has 0 unspecified atom stereocenters. The fourth-order valence-electron chi connectivity index (χ4n) is 1.32. The first kappa shape index (κ1) is 8.19. The molecule has 0 aliphatic rings. The molecule has 0 radical (unpaired) electrons. The van der Waals surface area contributed by atoms with Crippen molar-refractivity contribution < 1.29 is 0 Å². The van der Waals surface area contributed by atoms with E-state index in [1.54, 1.807) is 10.6 Å². The second kappa shape index (κ2) is 2.81. The number of fused-ring (bicyclic) bond motifs is 1. The summed E-state index contributed by atoms with van der Waals surface area (Å²) in [4.78, 5) is 14.0. The van der Waals surface area contributed by atoms with Gasteiger partial charge < -0.3 is 4.57 Å². The lowest BCUT2D eigenvalue weighted by Gasteiger charge is -2.03. The van der Waals surface area contributed by atoms with Crippen LogP contribution in [-0.4, -0.2) is 9.55 Å². The number of hydrogen-bond acceptors (Lipinski definition) is 2. The molecule has 1 N–H and O–H groups in total. The first-order valence-corrected chi connectivity index (χ1v) is 4.29. The summed E-state index contributed by atoms with van der Waals surface area (Å²) in [6.07, 6.45) is 0. The Hall–Kier alpha value is -1.42. The summed E-state index contributed by atoms with van der Waals surface area (Å²) in [6.45, 7) is 0. The minimum absolute atomic E-state index is 0.126. The van der Waals surface area contributed by atoms with Gasteiger partial charge in [0.1, 0.15) is 0 Å². The SMILES string of the molecule is Cn1c(=S)[nH]c(=O)c2ccccc21. The Balaban J connectivity index is 3.15. The molecule has 0 amide bonds. The van der Waals surface area contributed by atoms with E-state index in [0.29, 0.717) is 10.2 Å². The molecule has 0 aliphatic heterocycles. The first-order chi connectivity index (χ1) is 6.20. The van der Waals surface area contributed by atoms with Crippen LogP contribution in [-0.2, 0) is 7.05 Å². The van der Waals surface area contributed by atoms with Gasteiger partial charge in [0.2, 0.25) is 0 Å². The van der Waals surface area contributed by atoms with Crippen LogP contribution in [0.1, 0.15) is 0 Å². The standard InChI is InChI=1S/C9H8N2OS/c1-11-7-5-3-2-4-6(7)8(12)10-9(11)13/h2-5H,1H3,(H,10,12,13). The molecular formula is C9H8N2OS. The number of rotatable bonds is 0.